The van der Waals surface area contributed by atoms with Crippen LogP contribution in [0.3, 0.4) is 0 Å². The second-order valence-electron chi connectivity index (χ2n) is 5.23. The van der Waals surface area contributed by atoms with Crippen LogP contribution < -0.4 is 10.1 Å². The Morgan fingerprint density at radius 2 is 2.32 bits per heavy atom. The van der Waals surface area contributed by atoms with Crippen molar-refractivity contribution in [2.24, 2.45) is 4.99 Å². The summed E-state index contributed by atoms with van der Waals surface area (Å²) in [6.07, 6.45) is 7.05. The lowest BCUT2D eigenvalue weighted by Gasteiger charge is -2.21. The van der Waals surface area contributed by atoms with E-state index in [1.54, 1.807) is 13.3 Å². The number of aliphatic imine (C=N–C) groups is 1. The second-order valence-corrected chi connectivity index (χ2v) is 6.19. The Kier molecular flexibility index (Phi) is 3.64. The van der Waals surface area contributed by atoms with Gasteiger partial charge in [0, 0.05) is 23.6 Å². The maximum atomic E-state index is 5.12. The molecular formula is C14H19N3OS. The van der Waals surface area contributed by atoms with Crippen LogP contribution in [0, 0.1) is 0 Å². The van der Waals surface area contributed by atoms with E-state index in [4.69, 9.17) is 4.74 Å². The van der Waals surface area contributed by atoms with Crippen LogP contribution in [0.1, 0.15) is 31.2 Å². The molecule has 1 aromatic heterocycles. The molecule has 2 aliphatic rings. The summed E-state index contributed by atoms with van der Waals surface area (Å²) in [6, 6.07) is 3.92. The van der Waals surface area contributed by atoms with Crippen LogP contribution in [0.25, 0.3) is 0 Å². The molecular weight excluding hydrogens is 258 g/mol. The number of hydrogen-bond donors (Lipinski definition) is 1. The van der Waals surface area contributed by atoms with E-state index in [9.17, 15) is 0 Å². The lowest BCUT2D eigenvalue weighted by atomic mass is 10.0. The van der Waals surface area contributed by atoms with Gasteiger partial charge in [-0.3, -0.25) is 4.99 Å². The number of nitrogens with zero attached hydrogens (tertiary/aromatic N) is 2. The Morgan fingerprint density at radius 3 is 3.11 bits per heavy atom. The van der Waals surface area contributed by atoms with Crippen LogP contribution in [0.15, 0.2) is 23.3 Å². The first kappa shape index (κ1) is 12.8. The monoisotopic (exact) mass is 277 g/mol. The lowest BCUT2D eigenvalue weighted by molar-refractivity contribution is 0.397. The van der Waals surface area contributed by atoms with Gasteiger partial charge in [0.15, 0.2) is 5.17 Å². The van der Waals surface area contributed by atoms with Crippen molar-refractivity contribution in [1.82, 2.24) is 10.3 Å². The molecule has 4 nitrogen and oxygen atoms in total. The molecule has 0 unspecified atom stereocenters. The fourth-order valence-electron chi connectivity index (χ4n) is 2.74. The first-order chi connectivity index (χ1) is 9.30. The number of hydrogen-bond acceptors (Lipinski definition) is 4. The number of aromatic nitrogens is 1. The van der Waals surface area contributed by atoms with Gasteiger partial charge in [0.25, 0.3) is 0 Å². The fraction of sp³-hybridized carbons (Fsp3) is 0.571. The van der Waals surface area contributed by atoms with Gasteiger partial charge in [-0.1, -0.05) is 24.6 Å². The summed E-state index contributed by atoms with van der Waals surface area (Å²) in [5.74, 6) is 1.82. The van der Waals surface area contributed by atoms with Gasteiger partial charge in [0.2, 0.25) is 5.88 Å². The van der Waals surface area contributed by atoms with E-state index in [0.717, 1.165) is 10.7 Å². The Labute approximate surface area is 118 Å². The van der Waals surface area contributed by atoms with Crippen LogP contribution in [0.2, 0.25) is 0 Å². The average Bonchev–Trinajstić information content (AvgIpc) is 3.08. The molecule has 1 N–H and O–H groups in total. The summed E-state index contributed by atoms with van der Waals surface area (Å²) in [6.45, 7) is 0.685. The van der Waals surface area contributed by atoms with Crippen LogP contribution in [-0.2, 0) is 6.54 Å². The molecule has 1 aromatic rings. The molecule has 19 heavy (non-hydrogen) atoms. The maximum Gasteiger partial charge on any atom is 0.213 e. The Morgan fingerprint density at radius 1 is 1.47 bits per heavy atom. The van der Waals surface area contributed by atoms with E-state index in [1.165, 1.54) is 31.4 Å². The molecule has 2 heterocycles. The number of thioether (sulfide) groups is 1. The topological polar surface area (TPSA) is 46.5 Å². The number of rotatable bonds is 3. The molecule has 1 saturated heterocycles. The second kappa shape index (κ2) is 5.41. The zero-order chi connectivity index (χ0) is 13.1. The summed E-state index contributed by atoms with van der Waals surface area (Å²) in [4.78, 5) is 8.78. The molecule has 1 aliphatic carbocycles. The number of amidine groups is 1. The van der Waals surface area contributed by atoms with Crippen LogP contribution in [0.5, 0.6) is 5.88 Å². The molecule has 0 aromatic carbocycles. The Hall–Kier alpha value is -1.23. The van der Waals surface area contributed by atoms with E-state index in [2.05, 4.69) is 15.3 Å². The molecule has 3 rings (SSSR count). The van der Waals surface area contributed by atoms with Gasteiger partial charge in [-0.15, -0.1) is 0 Å². The minimum absolute atomic E-state index is 0.347. The molecule has 1 aliphatic heterocycles. The van der Waals surface area contributed by atoms with Crippen LogP contribution in [0.4, 0.5) is 0 Å². The third kappa shape index (κ3) is 2.86. The minimum atomic E-state index is 0.347. The van der Waals surface area contributed by atoms with Crippen molar-refractivity contribution in [3.63, 3.8) is 0 Å². The summed E-state index contributed by atoms with van der Waals surface area (Å²) < 4.78 is 5.12. The first-order valence-electron chi connectivity index (χ1n) is 6.74. The summed E-state index contributed by atoms with van der Waals surface area (Å²) in [5, 5.41) is 4.73. The normalized spacial score (nSPS) is 22.9. The number of methoxy groups -OCH3 is 1. The predicted octanol–water partition coefficient (Wildman–Crippen LogP) is 2.60. The van der Waals surface area contributed by atoms with Gasteiger partial charge >= 0.3 is 0 Å². The van der Waals surface area contributed by atoms with E-state index in [-0.39, 0.29) is 0 Å². The highest BCUT2D eigenvalue weighted by Crippen LogP contribution is 2.37. The summed E-state index contributed by atoms with van der Waals surface area (Å²) in [7, 11) is 1.64. The molecule has 5 heteroatoms. The Balaban J connectivity index is 1.63. The van der Waals surface area contributed by atoms with E-state index in [1.807, 2.05) is 23.9 Å². The quantitative estimate of drug-likeness (QED) is 0.922. The smallest absolute Gasteiger partial charge is 0.213 e. The van der Waals surface area contributed by atoms with Gasteiger partial charge in [0.1, 0.15) is 0 Å². The van der Waals surface area contributed by atoms with E-state index in [0.29, 0.717) is 18.0 Å². The van der Waals surface area contributed by atoms with Gasteiger partial charge < -0.3 is 10.1 Å². The predicted molar refractivity (Wildman–Crippen MR) is 78.7 cm³/mol. The maximum absolute atomic E-state index is 5.12. The van der Waals surface area contributed by atoms with Crippen molar-refractivity contribution in [3.05, 3.63) is 23.9 Å². The van der Waals surface area contributed by atoms with Crippen molar-refractivity contribution in [2.45, 2.75) is 37.8 Å². The molecule has 2 fully saturated rings. The van der Waals surface area contributed by atoms with Gasteiger partial charge in [0.05, 0.1) is 13.7 Å². The van der Waals surface area contributed by atoms with Crippen LogP contribution >= 0.6 is 11.8 Å². The fourth-order valence-corrected chi connectivity index (χ4v) is 3.95. The molecule has 1 saturated carbocycles. The SMILES string of the molecule is COc1cc(CN=C2NC3(CCCC3)CS2)ccn1. The van der Waals surface area contributed by atoms with Crippen LogP contribution in [-0.4, -0.2) is 28.6 Å². The first-order valence-corrected chi connectivity index (χ1v) is 7.73. The van der Waals surface area contributed by atoms with E-state index < -0.39 is 0 Å². The van der Waals surface area contributed by atoms with Gasteiger partial charge in [-0.2, -0.15) is 0 Å². The molecule has 0 amide bonds. The average molecular weight is 277 g/mol. The lowest BCUT2D eigenvalue weighted by Crippen LogP contribution is -2.40. The zero-order valence-corrected chi connectivity index (χ0v) is 12.0. The Bertz CT molecular complexity index is 483. The summed E-state index contributed by atoms with van der Waals surface area (Å²) >= 11 is 1.86. The van der Waals surface area contributed by atoms with Gasteiger partial charge in [-0.05, 0) is 24.5 Å². The number of ether oxygens (including phenoxy) is 1. The van der Waals surface area contributed by atoms with Crippen molar-refractivity contribution in [3.8, 4) is 5.88 Å². The van der Waals surface area contributed by atoms with Gasteiger partial charge in [-0.25, -0.2) is 4.98 Å². The molecule has 0 radical (unpaired) electrons. The zero-order valence-electron chi connectivity index (χ0n) is 11.2. The largest absolute Gasteiger partial charge is 0.481 e. The molecule has 1 spiro atoms. The van der Waals surface area contributed by atoms with Crippen molar-refractivity contribution < 1.29 is 4.74 Å². The highest BCUT2D eigenvalue weighted by Gasteiger charge is 2.39. The summed E-state index contributed by atoms with van der Waals surface area (Å²) in [5.41, 5.74) is 1.48. The van der Waals surface area contributed by atoms with Crippen molar-refractivity contribution in [2.75, 3.05) is 12.9 Å². The number of nitrogens with one attached hydrogen (secondary N) is 1. The van der Waals surface area contributed by atoms with E-state index >= 15 is 0 Å². The molecule has 0 atom stereocenters. The minimum Gasteiger partial charge on any atom is -0.481 e. The standard InChI is InChI=1S/C14H19N3OS/c1-18-12-8-11(4-7-15-12)9-16-13-17-14(10-19-13)5-2-3-6-14/h4,7-8H,2-3,5-6,9-10H2,1H3,(H,16,17). The van der Waals surface area contributed by atoms with Crippen molar-refractivity contribution >= 4 is 16.9 Å². The third-order valence-electron chi connectivity index (χ3n) is 3.83. The number of pyridine rings is 1. The third-order valence-corrected chi connectivity index (χ3v) is 5.03. The molecule has 0 bridgehead atoms. The van der Waals surface area contributed by atoms with Crippen molar-refractivity contribution in [1.29, 1.82) is 0 Å². The molecule has 102 valence electrons. The highest BCUT2D eigenvalue weighted by molar-refractivity contribution is 8.14. The highest BCUT2D eigenvalue weighted by atomic mass is 32.2.